The average Bonchev–Trinajstić information content (AvgIpc) is 2.90. The van der Waals surface area contributed by atoms with Crippen LogP contribution < -0.4 is 10.0 Å². The third-order valence-electron chi connectivity index (χ3n) is 5.18. The van der Waals surface area contributed by atoms with Gasteiger partial charge in [0.05, 0.1) is 10.6 Å². The summed E-state index contributed by atoms with van der Waals surface area (Å²) < 4.78 is 28.3. The Morgan fingerprint density at radius 3 is 2.55 bits per heavy atom. The van der Waals surface area contributed by atoms with Gasteiger partial charge in [0, 0.05) is 29.3 Å². The molecule has 2 aromatic carbocycles. The van der Waals surface area contributed by atoms with Gasteiger partial charge in [-0.05, 0) is 61.8 Å². The molecule has 2 aliphatic heterocycles. The zero-order chi connectivity index (χ0) is 20.3. The highest BCUT2D eigenvalue weighted by Gasteiger charge is 2.19. The van der Waals surface area contributed by atoms with Crippen molar-refractivity contribution < 1.29 is 13.2 Å². The SMILES string of the molecule is O=C1CCSc2ccc(S(=O)(=O)Nc3ccc(CN4CCCCC4)cc3)cc2N1. The monoisotopic (exact) mass is 431 g/mol. The highest BCUT2D eigenvalue weighted by atomic mass is 32.2. The summed E-state index contributed by atoms with van der Waals surface area (Å²) in [7, 11) is -3.74. The molecule has 1 fully saturated rings. The van der Waals surface area contributed by atoms with Crippen molar-refractivity contribution in [1.29, 1.82) is 0 Å². The van der Waals surface area contributed by atoms with E-state index in [1.807, 2.05) is 12.1 Å². The van der Waals surface area contributed by atoms with E-state index in [0.29, 0.717) is 23.5 Å². The fourth-order valence-corrected chi connectivity index (χ4v) is 5.66. The molecule has 29 heavy (non-hydrogen) atoms. The molecule has 2 heterocycles. The lowest BCUT2D eigenvalue weighted by Gasteiger charge is -2.26. The van der Waals surface area contributed by atoms with Crippen LogP contribution in [0.25, 0.3) is 0 Å². The smallest absolute Gasteiger partial charge is 0.261 e. The molecule has 0 atom stereocenters. The van der Waals surface area contributed by atoms with E-state index in [4.69, 9.17) is 0 Å². The maximum atomic E-state index is 12.8. The van der Waals surface area contributed by atoms with Crippen LogP contribution in [0, 0.1) is 0 Å². The Hall–Kier alpha value is -2.03. The van der Waals surface area contributed by atoms with E-state index in [1.165, 1.54) is 30.9 Å². The summed E-state index contributed by atoms with van der Waals surface area (Å²) >= 11 is 1.55. The van der Waals surface area contributed by atoms with Crippen molar-refractivity contribution in [2.45, 2.75) is 42.0 Å². The van der Waals surface area contributed by atoms with Crippen molar-refractivity contribution in [3.63, 3.8) is 0 Å². The molecule has 0 radical (unpaired) electrons. The average molecular weight is 432 g/mol. The lowest BCUT2D eigenvalue weighted by Crippen LogP contribution is -2.29. The number of rotatable bonds is 5. The van der Waals surface area contributed by atoms with Gasteiger partial charge < -0.3 is 5.32 Å². The molecule has 4 rings (SSSR count). The minimum Gasteiger partial charge on any atom is -0.325 e. The summed E-state index contributed by atoms with van der Waals surface area (Å²) in [6.07, 6.45) is 4.22. The van der Waals surface area contributed by atoms with Gasteiger partial charge in [-0.2, -0.15) is 0 Å². The minimum absolute atomic E-state index is 0.0944. The van der Waals surface area contributed by atoms with Crippen molar-refractivity contribution in [3.05, 3.63) is 48.0 Å². The highest BCUT2D eigenvalue weighted by Crippen LogP contribution is 2.33. The first-order valence-corrected chi connectivity index (χ1v) is 12.4. The molecule has 1 saturated heterocycles. The molecule has 0 aliphatic carbocycles. The Balaban J connectivity index is 1.46. The van der Waals surface area contributed by atoms with Gasteiger partial charge in [0.2, 0.25) is 5.91 Å². The Bertz CT molecular complexity index is 985. The second kappa shape index (κ2) is 8.77. The van der Waals surface area contributed by atoms with E-state index in [2.05, 4.69) is 14.9 Å². The molecular weight excluding hydrogens is 406 g/mol. The summed E-state index contributed by atoms with van der Waals surface area (Å²) in [5.41, 5.74) is 2.26. The van der Waals surface area contributed by atoms with Crippen molar-refractivity contribution in [1.82, 2.24) is 4.90 Å². The second-order valence-electron chi connectivity index (χ2n) is 7.44. The predicted molar refractivity (Wildman–Crippen MR) is 117 cm³/mol. The van der Waals surface area contributed by atoms with Crippen LogP contribution in [-0.4, -0.2) is 38.1 Å². The largest absolute Gasteiger partial charge is 0.325 e. The topological polar surface area (TPSA) is 78.5 Å². The number of nitrogens with zero attached hydrogens (tertiary/aromatic N) is 1. The minimum atomic E-state index is -3.74. The fraction of sp³-hybridized carbons (Fsp3) is 0.381. The number of carbonyl (C=O) groups excluding carboxylic acids is 1. The first kappa shape index (κ1) is 20.3. The third kappa shape index (κ3) is 5.12. The van der Waals surface area contributed by atoms with E-state index in [1.54, 1.807) is 36.0 Å². The van der Waals surface area contributed by atoms with Gasteiger partial charge in [-0.25, -0.2) is 8.42 Å². The summed E-state index contributed by atoms with van der Waals surface area (Å²) in [5.74, 6) is 0.593. The molecule has 0 aromatic heterocycles. The number of benzene rings is 2. The van der Waals surface area contributed by atoms with Gasteiger partial charge >= 0.3 is 0 Å². The normalized spacial score (nSPS) is 17.9. The van der Waals surface area contributed by atoms with Crippen molar-refractivity contribution in [3.8, 4) is 0 Å². The molecule has 0 spiro atoms. The number of nitrogens with one attached hydrogen (secondary N) is 2. The molecule has 2 aliphatic rings. The molecule has 2 N–H and O–H groups in total. The summed E-state index contributed by atoms with van der Waals surface area (Å²) in [6.45, 7) is 3.15. The number of sulfonamides is 1. The lowest BCUT2D eigenvalue weighted by atomic mass is 10.1. The van der Waals surface area contributed by atoms with E-state index >= 15 is 0 Å². The van der Waals surface area contributed by atoms with Crippen LogP contribution >= 0.6 is 11.8 Å². The van der Waals surface area contributed by atoms with E-state index in [-0.39, 0.29) is 10.8 Å². The van der Waals surface area contributed by atoms with Crippen LogP contribution in [0.2, 0.25) is 0 Å². The number of piperidine rings is 1. The number of hydrogen-bond donors (Lipinski definition) is 2. The Morgan fingerprint density at radius 1 is 1.03 bits per heavy atom. The molecule has 8 heteroatoms. The Morgan fingerprint density at radius 2 is 1.79 bits per heavy atom. The van der Waals surface area contributed by atoms with Crippen molar-refractivity contribution in [2.75, 3.05) is 28.9 Å². The molecule has 154 valence electrons. The molecule has 2 aromatic rings. The third-order valence-corrected chi connectivity index (χ3v) is 7.64. The van der Waals surface area contributed by atoms with Crippen LogP contribution in [0.4, 0.5) is 11.4 Å². The van der Waals surface area contributed by atoms with Gasteiger partial charge in [0.25, 0.3) is 10.0 Å². The van der Waals surface area contributed by atoms with Gasteiger partial charge in [-0.15, -0.1) is 11.8 Å². The van der Waals surface area contributed by atoms with Crippen LogP contribution in [0.5, 0.6) is 0 Å². The molecular formula is C21H25N3O3S2. The number of amides is 1. The van der Waals surface area contributed by atoms with Crippen LogP contribution in [0.1, 0.15) is 31.2 Å². The quantitative estimate of drug-likeness (QED) is 0.751. The first-order valence-electron chi connectivity index (χ1n) is 9.90. The molecule has 1 amide bonds. The maximum Gasteiger partial charge on any atom is 0.261 e. The Kier molecular flexibility index (Phi) is 6.12. The summed E-state index contributed by atoms with van der Waals surface area (Å²) in [4.78, 5) is 15.2. The number of hydrogen-bond acceptors (Lipinski definition) is 5. The zero-order valence-electron chi connectivity index (χ0n) is 16.2. The Labute approximate surface area is 176 Å². The van der Waals surface area contributed by atoms with Crippen LogP contribution in [0.15, 0.2) is 52.3 Å². The zero-order valence-corrected chi connectivity index (χ0v) is 17.8. The number of likely N-dealkylation sites (tertiary alicyclic amines) is 1. The van der Waals surface area contributed by atoms with Gasteiger partial charge in [0.1, 0.15) is 0 Å². The van der Waals surface area contributed by atoms with Gasteiger partial charge in [0.15, 0.2) is 0 Å². The predicted octanol–water partition coefficient (Wildman–Crippen LogP) is 3.91. The van der Waals surface area contributed by atoms with E-state index < -0.39 is 10.0 Å². The maximum absolute atomic E-state index is 12.8. The second-order valence-corrected chi connectivity index (χ2v) is 10.3. The summed E-state index contributed by atoms with van der Waals surface area (Å²) in [5, 5.41) is 2.79. The number of anilines is 2. The molecule has 0 bridgehead atoms. The van der Waals surface area contributed by atoms with Crippen LogP contribution in [0.3, 0.4) is 0 Å². The number of thioether (sulfide) groups is 1. The molecule has 0 saturated carbocycles. The lowest BCUT2D eigenvalue weighted by molar-refractivity contribution is -0.115. The van der Waals surface area contributed by atoms with Crippen molar-refractivity contribution in [2.24, 2.45) is 0 Å². The van der Waals surface area contributed by atoms with Crippen molar-refractivity contribution >= 4 is 39.1 Å². The molecule has 0 unspecified atom stereocenters. The van der Waals surface area contributed by atoms with Gasteiger partial charge in [-0.3, -0.25) is 14.4 Å². The standard InChI is InChI=1S/C21H25N3O3S2/c25-21-10-13-28-20-9-8-18(14-19(20)22-21)29(26,27)23-17-6-4-16(5-7-17)15-24-11-2-1-3-12-24/h4-9,14,23H,1-3,10-13,15H2,(H,22,25). The van der Waals surface area contributed by atoms with Gasteiger partial charge in [-0.1, -0.05) is 18.6 Å². The first-order chi connectivity index (χ1) is 14.0. The fourth-order valence-electron chi connectivity index (χ4n) is 3.63. The van der Waals surface area contributed by atoms with E-state index in [9.17, 15) is 13.2 Å². The summed E-state index contributed by atoms with van der Waals surface area (Å²) in [6, 6.07) is 12.4. The highest BCUT2D eigenvalue weighted by molar-refractivity contribution is 7.99. The molecule has 6 nitrogen and oxygen atoms in total. The number of carbonyl (C=O) groups is 1. The van der Waals surface area contributed by atoms with Crippen LogP contribution in [-0.2, 0) is 21.4 Å². The number of fused-ring (bicyclic) bond motifs is 1. The van der Waals surface area contributed by atoms with E-state index in [0.717, 1.165) is 24.5 Å².